The van der Waals surface area contributed by atoms with Crippen molar-refractivity contribution in [3.05, 3.63) is 59.2 Å². The van der Waals surface area contributed by atoms with Crippen molar-refractivity contribution in [1.29, 1.82) is 0 Å². The lowest BCUT2D eigenvalue weighted by molar-refractivity contribution is -0.142. The Bertz CT molecular complexity index is 837. The summed E-state index contributed by atoms with van der Waals surface area (Å²) in [5, 5.41) is 2.71. The average molecular weight is 369 g/mol. The number of esters is 1. The van der Waals surface area contributed by atoms with E-state index < -0.39 is 11.9 Å². The molecule has 0 unspecified atom stereocenters. The van der Waals surface area contributed by atoms with Gasteiger partial charge in [-0.05, 0) is 49.2 Å². The van der Waals surface area contributed by atoms with Crippen molar-refractivity contribution < 1.29 is 23.8 Å². The van der Waals surface area contributed by atoms with Crippen molar-refractivity contribution >= 4 is 23.6 Å². The van der Waals surface area contributed by atoms with Crippen molar-refractivity contribution in [3.8, 4) is 11.5 Å². The molecule has 0 aliphatic rings. The monoisotopic (exact) mass is 369 g/mol. The minimum Gasteiger partial charge on any atom is -0.493 e. The van der Waals surface area contributed by atoms with Gasteiger partial charge in [0.1, 0.15) is 0 Å². The van der Waals surface area contributed by atoms with Gasteiger partial charge in [0.2, 0.25) is 0 Å². The van der Waals surface area contributed by atoms with Gasteiger partial charge in [0.15, 0.2) is 18.1 Å². The van der Waals surface area contributed by atoms with Gasteiger partial charge < -0.3 is 19.5 Å². The summed E-state index contributed by atoms with van der Waals surface area (Å²) in [6, 6.07) is 11.0. The van der Waals surface area contributed by atoms with Crippen LogP contribution in [-0.4, -0.2) is 32.7 Å². The van der Waals surface area contributed by atoms with E-state index in [4.69, 9.17) is 14.2 Å². The highest BCUT2D eigenvalue weighted by atomic mass is 16.5. The van der Waals surface area contributed by atoms with E-state index in [0.29, 0.717) is 22.7 Å². The Morgan fingerprint density at radius 2 is 1.74 bits per heavy atom. The number of methoxy groups -OCH3 is 2. The summed E-state index contributed by atoms with van der Waals surface area (Å²) in [6.07, 6.45) is 2.78. The normalized spacial score (nSPS) is 10.5. The number of carbonyl (C=O) groups excluding carboxylic acids is 2. The van der Waals surface area contributed by atoms with Crippen molar-refractivity contribution in [2.24, 2.45) is 0 Å². The highest BCUT2D eigenvalue weighted by molar-refractivity contribution is 5.94. The number of amides is 1. The Hall–Kier alpha value is -3.28. The Morgan fingerprint density at radius 3 is 2.37 bits per heavy atom. The number of benzene rings is 2. The minimum absolute atomic E-state index is 0.370. The van der Waals surface area contributed by atoms with Gasteiger partial charge in [0, 0.05) is 17.3 Å². The molecule has 2 rings (SSSR count). The number of para-hydroxylation sites is 1. The molecule has 27 heavy (non-hydrogen) atoms. The molecule has 0 atom stereocenters. The zero-order chi connectivity index (χ0) is 19.8. The van der Waals surface area contributed by atoms with Crippen LogP contribution in [0.15, 0.2) is 42.5 Å². The fourth-order valence-electron chi connectivity index (χ4n) is 2.63. The van der Waals surface area contributed by atoms with Crippen molar-refractivity contribution in [2.45, 2.75) is 13.8 Å². The molecule has 6 nitrogen and oxygen atoms in total. The molecule has 0 aliphatic heterocycles. The van der Waals surface area contributed by atoms with E-state index in [1.807, 2.05) is 32.0 Å². The van der Waals surface area contributed by atoms with Crippen LogP contribution in [0.5, 0.6) is 11.5 Å². The molecule has 0 aromatic heterocycles. The number of hydrogen-bond donors (Lipinski definition) is 1. The Kier molecular flexibility index (Phi) is 7.00. The summed E-state index contributed by atoms with van der Waals surface area (Å²) in [5.74, 6) is 0.0358. The van der Waals surface area contributed by atoms with Crippen LogP contribution in [0.1, 0.15) is 16.7 Å². The molecule has 0 radical (unpaired) electrons. The van der Waals surface area contributed by atoms with Gasteiger partial charge in [-0.25, -0.2) is 4.79 Å². The lowest BCUT2D eigenvalue weighted by atomic mass is 10.1. The van der Waals surface area contributed by atoms with Crippen LogP contribution in [0, 0.1) is 13.8 Å². The highest BCUT2D eigenvalue weighted by Gasteiger charge is 2.09. The maximum atomic E-state index is 11.9. The molecule has 0 spiro atoms. The van der Waals surface area contributed by atoms with Gasteiger partial charge in [0.25, 0.3) is 5.91 Å². The van der Waals surface area contributed by atoms with Crippen molar-refractivity contribution in [2.75, 3.05) is 26.1 Å². The lowest BCUT2D eigenvalue weighted by Gasteiger charge is -2.10. The number of carbonyl (C=O) groups is 2. The van der Waals surface area contributed by atoms with E-state index in [1.165, 1.54) is 20.3 Å². The molecule has 142 valence electrons. The highest BCUT2D eigenvalue weighted by Crippen LogP contribution is 2.31. The largest absolute Gasteiger partial charge is 0.493 e. The molecule has 0 heterocycles. The van der Waals surface area contributed by atoms with E-state index in [-0.39, 0.29) is 6.61 Å². The third-order valence-corrected chi connectivity index (χ3v) is 3.68. The quantitative estimate of drug-likeness (QED) is 0.597. The SMILES string of the molecule is COc1cccc(/C=C/C(=O)OCC(=O)Nc2cc(C)cc(C)c2)c1OC. The minimum atomic E-state index is -0.629. The first-order valence-electron chi connectivity index (χ1n) is 8.37. The van der Waals surface area contributed by atoms with Gasteiger partial charge in [-0.15, -0.1) is 0 Å². The van der Waals surface area contributed by atoms with Gasteiger partial charge in [-0.1, -0.05) is 18.2 Å². The number of anilines is 1. The predicted molar refractivity (Wildman–Crippen MR) is 104 cm³/mol. The number of ether oxygens (including phenoxy) is 3. The lowest BCUT2D eigenvalue weighted by Crippen LogP contribution is -2.20. The van der Waals surface area contributed by atoms with E-state index in [1.54, 1.807) is 24.3 Å². The van der Waals surface area contributed by atoms with Crippen LogP contribution in [0.4, 0.5) is 5.69 Å². The fourth-order valence-corrected chi connectivity index (χ4v) is 2.63. The molecule has 2 aromatic carbocycles. The van der Waals surface area contributed by atoms with Crippen molar-refractivity contribution in [1.82, 2.24) is 0 Å². The number of hydrogen-bond acceptors (Lipinski definition) is 5. The van der Waals surface area contributed by atoms with E-state index in [0.717, 1.165) is 11.1 Å². The number of aryl methyl sites for hydroxylation is 2. The van der Waals surface area contributed by atoms with Crippen LogP contribution in [0.25, 0.3) is 6.08 Å². The summed E-state index contributed by atoms with van der Waals surface area (Å²) in [7, 11) is 3.05. The van der Waals surface area contributed by atoms with Gasteiger partial charge in [0.05, 0.1) is 14.2 Å². The van der Waals surface area contributed by atoms with Crippen LogP contribution < -0.4 is 14.8 Å². The second kappa shape index (κ2) is 9.43. The molecular weight excluding hydrogens is 346 g/mol. The second-order valence-electron chi connectivity index (χ2n) is 5.95. The third-order valence-electron chi connectivity index (χ3n) is 3.68. The zero-order valence-corrected chi connectivity index (χ0v) is 15.9. The molecule has 6 heteroatoms. The van der Waals surface area contributed by atoms with Crippen molar-refractivity contribution in [3.63, 3.8) is 0 Å². The molecule has 1 amide bonds. The molecule has 1 N–H and O–H groups in total. The first kappa shape index (κ1) is 20.0. The number of rotatable bonds is 7. The van der Waals surface area contributed by atoms with Crippen LogP contribution in [0.3, 0.4) is 0 Å². The molecule has 0 saturated heterocycles. The Morgan fingerprint density at radius 1 is 1.04 bits per heavy atom. The summed E-state index contributed by atoms with van der Waals surface area (Å²) in [6.45, 7) is 3.52. The van der Waals surface area contributed by atoms with Gasteiger partial charge in [-0.2, -0.15) is 0 Å². The number of nitrogens with one attached hydrogen (secondary N) is 1. The summed E-state index contributed by atoms with van der Waals surface area (Å²) < 4.78 is 15.5. The molecule has 0 aliphatic carbocycles. The summed E-state index contributed by atoms with van der Waals surface area (Å²) >= 11 is 0. The van der Waals surface area contributed by atoms with E-state index >= 15 is 0 Å². The molecule has 0 fully saturated rings. The summed E-state index contributed by atoms with van der Waals surface area (Å²) in [5.41, 5.74) is 3.41. The maximum Gasteiger partial charge on any atom is 0.331 e. The standard InChI is InChI=1S/C21H23NO5/c1-14-10-15(2)12-17(11-14)22-19(23)13-27-20(24)9-8-16-6-5-7-18(25-3)21(16)26-4/h5-12H,13H2,1-4H3,(H,22,23)/b9-8+. The molecule has 0 bridgehead atoms. The van der Waals surface area contributed by atoms with E-state index in [9.17, 15) is 9.59 Å². The Balaban J connectivity index is 1.92. The smallest absolute Gasteiger partial charge is 0.331 e. The molecular formula is C21H23NO5. The van der Waals surface area contributed by atoms with Crippen LogP contribution >= 0.6 is 0 Å². The maximum absolute atomic E-state index is 11.9. The average Bonchev–Trinajstić information content (AvgIpc) is 2.63. The second-order valence-corrected chi connectivity index (χ2v) is 5.95. The Labute approximate surface area is 158 Å². The zero-order valence-electron chi connectivity index (χ0n) is 15.9. The summed E-state index contributed by atoms with van der Waals surface area (Å²) in [4.78, 5) is 23.8. The molecule has 0 saturated carbocycles. The first-order valence-corrected chi connectivity index (χ1v) is 8.37. The topological polar surface area (TPSA) is 73.9 Å². The van der Waals surface area contributed by atoms with Gasteiger partial charge >= 0.3 is 5.97 Å². The van der Waals surface area contributed by atoms with Crippen LogP contribution in [-0.2, 0) is 14.3 Å². The fraction of sp³-hybridized carbons (Fsp3) is 0.238. The van der Waals surface area contributed by atoms with Gasteiger partial charge in [-0.3, -0.25) is 4.79 Å². The van der Waals surface area contributed by atoms with E-state index in [2.05, 4.69) is 5.32 Å². The predicted octanol–water partition coefficient (Wildman–Crippen LogP) is 3.52. The molecule has 2 aromatic rings. The first-order chi connectivity index (χ1) is 12.9. The van der Waals surface area contributed by atoms with Crippen LogP contribution in [0.2, 0.25) is 0 Å². The third kappa shape index (κ3) is 5.88.